The molecular formula is C18H29N3O. The normalized spacial score (nSPS) is 21.0. The monoisotopic (exact) mass is 303 g/mol. The van der Waals surface area contributed by atoms with Gasteiger partial charge in [0.05, 0.1) is 7.11 Å². The van der Waals surface area contributed by atoms with Crippen LogP contribution in [0.2, 0.25) is 0 Å². The van der Waals surface area contributed by atoms with Crippen LogP contribution in [0.3, 0.4) is 0 Å². The fourth-order valence-electron chi connectivity index (χ4n) is 3.49. The highest BCUT2D eigenvalue weighted by Gasteiger charge is 2.18. The van der Waals surface area contributed by atoms with E-state index < -0.39 is 0 Å². The number of piperidine rings is 1. The molecule has 0 unspecified atom stereocenters. The Balaban J connectivity index is 1.41. The molecule has 0 bridgehead atoms. The Hall–Kier alpha value is -1.26. The Bertz CT molecular complexity index is 434. The van der Waals surface area contributed by atoms with Crippen molar-refractivity contribution in [2.24, 2.45) is 0 Å². The Kier molecular flexibility index (Phi) is 5.57. The van der Waals surface area contributed by atoms with Crippen molar-refractivity contribution in [3.05, 3.63) is 24.3 Å². The van der Waals surface area contributed by atoms with Crippen LogP contribution in [-0.2, 0) is 0 Å². The van der Waals surface area contributed by atoms with E-state index in [1.165, 1.54) is 64.2 Å². The average molecular weight is 303 g/mol. The fraction of sp³-hybridized carbons (Fsp3) is 0.667. The number of anilines is 1. The van der Waals surface area contributed by atoms with Crippen LogP contribution < -0.4 is 9.64 Å². The van der Waals surface area contributed by atoms with Gasteiger partial charge in [0.15, 0.2) is 0 Å². The van der Waals surface area contributed by atoms with Gasteiger partial charge in [-0.15, -0.1) is 0 Å². The standard InChI is InChI=1S/C18H29N3O/c1-22-18-7-5-17(6-8-18)21-15-13-20(14-16-21)12-11-19-9-3-2-4-10-19/h5-8H,2-4,9-16H2,1H3. The van der Waals surface area contributed by atoms with Crippen molar-refractivity contribution in [3.63, 3.8) is 0 Å². The minimum atomic E-state index is 0.934. The maximum absolute atomic E-state index is 5.23. The molecule has 22 heavy (non-hydrogen) atoms. The minimum absolute atomic E-state index is 0.934. The van der Waals surface area contributed by atoms with E-state index in [9.17, 15) is 0 Å². The van der Waals surface area contributed by atoms with Gasteiger partial charge in [0.2, 0.25) is 0 Å². The second-order valence-corrected chi connectivity index (χ2v) is 6.43. The molecule has 2 heterocycles. The molecule has 2 aliphatic rings. The number of benzene rings is 1. The van der Waals surface area contributed by atoms with Crippen molar-refractivity contribution in [1.82, 2.24) is 9.80 Å². The average Bonchev–Trinajstić information content (AvgIpc) is 2.61. The number of rotatable bonds is 5. The van der Waals surface area contributed by atoms with Crippen LogP contribution in [0.4, 0.5) is 5.69 Å². The number of piperazine rings is 1. The highest BCUT2D eigenvalue weighted by molar-refractivity contribution is 5.49. The molecule has 0 aliphatic carbocycles. The zero-order valence-corrected chi connectivity index (χ0v) is 13.8. The molecule has 0 N–H and O–H groups in total. The largest absolute Gasteiger partial charge is 0.497 e. The summed E-state index contributed by atoms with van der Waals surface area (Å²) < 4.78 is 5.23. The first-order chi connectivity index (χ1) is 10.8. The molecule has 2 saturated heterocycles. The summed E-state index contributed by atoms with van der Waals surface area (Å²) in [5.41, 5.74) is 1.32. The third-order valence-electron chi connectivity index (χ3n) is 4.99. The van der Waals surface area contributed by atoms with Gasteiger partial charge in [0.25, 0.3) is 0 Å². The van der Waals surface area contributed by atoms with Gasteiger partial charge in [-0.2, -0.15) is 0 Å². The number of hydrogen-bond donors (Lipinski definition) is 0. The maximum atomic E-state index is 5.23. The predicted molar refractivity (Wildman–Crippen MR) is 91.9 cm³/mol. The third kappa shape index (κ3) is 4.14. The maximum Gasteiger partial charge on any atom is 0.119 e. The van der Waals surface area contributed by atoms with Crippen LogP contribution in [0.25, 0.3) is 0 Å². The SMILES string of the molecule is COc1ccc(N2CCN(CCN3CCCCC3)CC2)cc1. The molecule has 1 aromatic carbocycles. The molecule has 4 nitrogen and oxygen atoms in total. The summed E-state index contributed by atoms with van der Waals surface area (Å²) >= 11 is 0. The van der Waals surface area contributed by atoms with Crippen LogP contribution in [0.5, 0.6) is 5.75 Å². The van der Waals surface area contributed by atoms with Crippen molar-refractivity contribution < 1.29 is 4.74 Å². The van der Waals surface area contributed by atoms with Crippen molar-refractivity contribution in [3.8, 4) is 5.75 Å². The van der Waals surface area contributed by atoms with E-state index in [1.54, 1.807) is 7.11 Å². The van der Waals surface area contributed by atoms with E-state index in [4.69, 9.17) is 4.74 Å². The van der Waals surface area contributed by atoms with Crippen LogP contribution in [0.15, 0.2) is 24.3 Å². The summed E-state index contributed by atoms with van der Waals surface area (Å²) in [6.07, 6.45) is 4.22. The first-order valence-corrected chi connectivity index (χ1v) is 8.69. The fourth-order valence-corrected chi connectivity index (χ4v) is 3.49. The molecule has 0 aromatic heterocycles. The summed E-state index contributed by atoms with van der Waals surface area (Å²) in [5.74, 6) is 0.934. The quantitative estimate of drug-likeness (QED) is 0.831. The smallest absolute Gasteiger partial charge is 0.119 e. The molecule has 0 saturated carbocycles. The lowest BCUT2D eigenvalue weighted by atomic mass is 10.1. The van der Waals surface area contributed by atoms with E-state index in [2.05, 4.69) is 39.0 Å². The summed E-state index contributed by atoms with van der Waals surface area (Å²) in [5, 5.41) is 0. The van der Waals surface area contributed by atoms with Gasteiger partial charge in [0, 0.05) is 45.0 Å². The lowest BCUT2D eigenvalue weighted by molar-refractivity contribution is 0.177. The molecule has 0 atom stereocenters. The number of methoxy groups -OCH3 is 1. The number of likely N-dealkylation sites (tertiary alicyclic amines) is 1. The molecule has 0 radical (unpaired) electrons. The number of nitrogens with zero attached hydrogens (tertiary/aromatic N) is 3. The van der Waals surface area contributed by atoms with Crippen LogP contribution >= 0.6 is 0 Å². The lowest BCUT2D eigenvalue weighted by Crippen LogP contribution is -2.48. The molecule has 2 fully saturated rings. The Morgan fingerprint density at radius 1 is 0.773 bits per heavy atom. The predicted octanol–water partition coefficient (Wildman–Crippen LogP) is 2.30. The van der Waals surface area contributed by atoms with Gasteiger partial charge >= 0.3 is 0 Å². The summed E-state index contributed by atoms with van der Waals surface area (Å²) in [4.78, 5) is 7.74. The van der Waals surface area contributed by atoms with Gasteiger partial charge in [0.1, 0.15) is 5.75 Å². The topological polar surface area (TPSA) is 19.0 Å². The summed E-state index contributed by atoms with van der Waals surface area (Å²) in [6, 6.07) is 8.45. The van der Waals surface area contributed by atoms with E-state index in [1.807, 2.05) is 0 Å². The van der Waals surface area contributed by atoms with Crippen LogP contribution in [-0.4, -0.2) is 69.3 Å². The van der Waals surface area contributed by atoms with Gasteiger partial charge in [-0.05, 0) is 50.2 Å². The van der Waals surface area contributed by atoms with E-state index in [-0.39, 0.29) is 0 Å². The Morgan fingerprint density at radius 2 is 1.36 bits per heavy atom. The van der Waals surface area contributed by atoms with Crippen molar-refractivity contribution in [2.75, 3.05) is 64.4 Å². The van der Waals surface area contributed by atoms with Crippen LogP contribution in [0, 0.1) is 0 Å². The molecule has 0 amide bonds. The molecule has 1 aromatic rings. The highest BCUT2D eigenvalue weighted by atomic mass is 16.5. The molecule has 0 spiro atoms. The highest BCUT2D eigenvalue weighted by Crippen LogP contribution is 2.20. The van der Waals surface area contributed by atoms with Crippen LogP contribution in [0.1, 0.15) is 19.3 Å². The van der Waals surface area contributed by atoms with Crippen molar-refractivity contribution in [1.29, 1.82) is 0 Å². The van der Waals surface area contributed by atoms with Gasteiger partial charge in [-0.1, -0.05) is 6.42 Å². The first kappa shape index (κ1) is 15.6. The zero-order valence-electron chi connectivity index (χ0n) is 13.8. The molecule has 2 aliphatic heterocycles. The molecular weight excluding hydrogens is 274 g/mol. The summed E-state index contributed by atoms with van der Waals surface area (Å²) in [7, 11) is 1.72. The Labute approximate surface area is 134 Å². The molecule has 3 rings (SSSR count). The van der Waals surface area contributed by atoms with Gasteiger partial charge in [-0.25, -0.2) is 0 Å². The molecule has 4 heteroatoms. The second-order valence-electron chi connectivity index (χ2n) is 6.43. The van der Waals surface area contributed by atoms with Gasteiger partial charge in [-0.3, -0.25) is 4.90 Å². The van der Waals surface area contributed by atoms with Crippen molar-refractivity contribution >= 4 is 5.69 Å². The first-order valence-electron chi connectivity index (χ1n) is 8.69. The number of hydrogen-bond acceptors (Lipinski definition) is 4. The second kappa shape index (κ2) is 7.84. The van der Waals surface area contributed by atoms with E-state index >= 15 is 0 Å². The number of ether oxygens (including phenoxy) is 1. The van der Waals surface area contributed by atoms with E-state index in [0.29, 0.717) is 0 Å². The molecule has 122 valence electrons. The zero-order chi connectivity index (χ0) is 15.2. The summed E-state index contributed by atoms with van der Waals surface area (Å²) in [6.45, 7) is 9.73. The third-order valence-corrected chi connectivity index (χ3v) is 4.99. The lowest BCUT2D eigenvalue weighted by Gasteiger charge is -2.37. The Morgan fingerprint density at radius 3 is 1.95 bits per heavy atom. The van der Waals surface area contributed by atoms with Gasteiger partial charge < -0.3 is 14.5 Å². The van der Waals surface area contributed by atoms with Crippen molar-refractivity contribution in [2.45, 2.75) is 19.3 Å². The van der Waals surface area contributed by atoms with E-state index in [0.717, 1.165) is 18.8 Å². The minimum Gasteiger partial charge on any atom is -0.497 e.